The molecule has 4 rings (SSSR count). The molecule has 0 aliphatic carbocycles. The van der Waals surface area contributed by atoms with Gasteiger partial charge in [-0.3, -0.25) is 14.9 Å². The Bertz CT molecular complexity index is 1320. The summed E-state index contributed by atoms with van der Waals surface area (Å²) in [6, 6.07) is 18.8. The highest BCUT2D eigenvalue weighted by Gasteiger charge is 2.37. The lowest BCUT2D eigenvalue weighted by Gasteiger charge is -2.26. The summed E-state index contributed by atoms with van der Waals surface area (Å²) < 4.78 is 11.6. The van der Waals surface area contributed by atoms with E-state index in [9.17, 15) is 14.4 Å². The van der Waals surface area contributed by atoms with Gasteiger partial charge in [-0.1, -0.05) is 54.1 Å². The normalized spacial score (nSPS) is 14.8. The fourth-order valence-corrected chi connectivity index (χ4v) is 3.69. The van der Waals surface area contributed by atoms with E-state index in [1.165, 1.54) is 12.1 Å². The minimum atomic E-state index is -0.836. The molecule has 3 aromatic rings. The van der Waals surface area contributed by atoms with Crippen molar-refractivity contribution in [3.05, 3.63) is 94.0 Å². The van der Waals surface area contributed by atoms with Crippen molar-refractivity contribution in [2.24, 2.45) is 0 Å². The third-order valence-corrected chi connectivity index (χ3v) is 5.74. The van der Waals surface area contributed by atoms with Gasteiger partial charge in [0.15, 0.2) is 11.5 Å². The van der Waals surface area contributed by atoms with Crippen molar-refractivity contribution in [3.63, 3.8) is 0 Å². The second-order valence-corrected chi connectivity index (χ2v) is 8.21. The Labute approximate surface area is 207 Å². The number of anilines is 1. The molecule has 0 aromatic heterocycles. The van der Waals surface area contributed by atoms with Crippen molar-refractivity contribution in [2.45, 2.75) is 20.5 Å². The van der Waals surface area contributed by atoms with Crippen LogP contribution < -0.4 is 19.7 Å². The number of benzene rings is 3. The van der Waals surface area contributed by atoms with Crippen molar-refractivity contribution in [1.82, 2.24) is 5.32 Å². The number of imide groups is 2. The number of halogens is 1. The number of carbonyl (C=O) groups excluding carboxylic acids is 3. The summed E-state index contributed by atoms with van der Waals surface area (Å²) in [5.74, 6) is -0.527. The third-order valence-electron chi connectivity index (χ3n) is 5.33. The van der Waals surface area contributed by atoms with E-state index in [4.69, 9.17) is 21.1 Å². The molecule has 1 saturated heterocycles. The first-order chi connectivity index (χ1) is 16.9. The number of rotatable bonds is 7. The lowest BCUT2D eigenvalue weighted by molar-refractivity contribution is -0.122. The predicted molar refractivity (Wildman–Crippen MR) is 134 cm³/mol. The highest BCUT2D eigenvalue weighted by atomic mass is 35.5. The lowest BCUT2D eigenvalue weighted by atomic mass is 10.1. The Kier molecular flexibility index (Phi) is 7.17. The van der Waals surface area contributed by atoms with Crippen molar-refractivity contribution in [3.8, 4) is 11.5 Å². The summed E-state index contributed by atoms with van der Waals surface area (Å²) in [6.45, 7) is 4.42. The molecule has 1 heterocycles. The molecule has 0 atom stereocenters. The quantitative estimate of drug-likeness (QED) is 0.359. The predicted octanol–water partition coefficient (Wildman–Crippen LogP) is 5.29. The molecule has 0 spiro atoms. The maximum Gasteiger partial charge on any atom is 0.335 e. The van der Waals surface area contributed by atoms with Crippen LogP contribution in [-0.2, 0) is 16.2 Å². The van der Waals surface area contributed by atoms with Gasteiger partial charge in [-0.25, -0.2) is 9.69 Å². The number of nitrogens with zero attached hydrogens (tertiary/aromatic N) is 1. The number of urea groups is 1. The first-order valence-electron chi connectivity index (χ1n) is 11.0. The zero-order chi connectivity index (χ0) is 24.9. The molecule has 8 heteroatoms. The average Bonchev–Trinajstić information content (AvgIpc) is 2.84. The van der Waals surface area contributed by atoms with E-state index >= 15 is 0 Å². The van der Waals surface area contributed by atoms with E-state index in [2.05, 4.69) is 5.32 Å². The minimum Gasteiger partial charge on any atom is -0.490 e. The maximum absolute atomic E-state index is 13.2. The highest BCUT2D eigenvalue weighted by molar-refractivity contribution is 6.39. The molecular weight excluding hydrogens is 468 g/mol. The number of carbonyl (C=O) groups is 3. The highest BCUT2D eigenvalue weighted by Crippen LogP contribution is 2.31. The summed E-state index contributed by atoms with van der Waals surface area (Å²) in [7, 11) is 0. The van der Waals surface area contributed by atoms with Crippen molar-refractivity contribution in [1.29, 1.82) is 0 Å². The molecule has 1 N–H and O–H groups in total. The SMILES string of the molecule is CCOc1cc(/C=C2/C(=O)NC(=O)N(c3ccc(C)c(Cl)c3)C2=O)ccc1OCc1ccccc1. The number of barbiturate groups is 1. The van der Waals surface area contributed by atoms with E-state index < -0.39 is 17.8 Å². The molecule has 0 bridgehead atoms. The first kappa shape index (κ1) is 24.0. The van der Waals surface area contributed by atoms with Crippen LogP contribution in [0.1, 0.15) is 23.6 Å². The summed E-state index contributed by atoms with van der Waals surface area (Å²) in [4.78, 5) is 39.0. The van der Waals surface area contributed by atoms with Crippen LogP contribution in [0.2, 0.25) is 5.02 Å². The number of aryl methyl sites for hydroxylation is 1. The van der Waals surface area contributed by atoms with Crippen LogP contribution in [0.5, 0.6) is 11.5 Å². The lowest BCUT2D eigenvalue weighted by Crippen LogP contribution is -2.54. The Morgan fingerprint density at radius 2 is 1.71 bits per heavy atom. The second-order valence-electron chi connectivity index (χ2n) is 7.80. The molecular formula is C27H23ClN2O5. The molecule has 1 fully saturated rings. The van der Waals surface area contributed by atoms with E-state index in [1.54, 1.807) is 30.3 Å². The van der Waals surface area contributed by atoms with E-state index in [-0.39, 0.29) is 11.3 Å². The third kappa shape index (κ3) is 5.36. The van der Waals surface area contributed by atoms with E-state index in [0.717, 1.165) is 16.0 Å². The number of hydrogen-bond donors (Lipinski definition) is 1. The molecule has 0 unspecified atom stereocenters. The van der Waals surface area contributed by atoms with Crippen molar-refractivity contribution < 1.29 is 23.9 Å². The Balaban J connectivity index is 1.62. The van der Waals surface area contributed by atoms with Crippen LogP contribution in [-0.4, -0.2) is 24.5 Å². The number of amides is 4. The van der Waals surface area contributed by atoms with Crippen LogP contribution in [0.15, 0.2) is 72.3 Å². The Morgan fingerprint density at radius 1 is 0.943 bits per heavy atom. The summed E-state index contributed by atoms with van der Waals surface area (Å²) in [5, 5.41) is 2.61. The van der Waals surface area contributed by atoms with Gasteiger partial charge in [-0.2, -0.15) is 0 Å². The average molecular weight is 491 g/mol. The maximum atomic E-state index is 13.2. The minimum absolute atomic E-state index is 0.193. The van der Waals surface area contributed by atoms with Gasteiger partial charge in [0.25, 0.3) is 11.8 Å². The fraction of sp³-hybridized carbons (Fsp3) is 0.148. The summed E-state index contributed by atoms with van der Waals surface area (Å²) >= 11 is 6.17. The second kappa shape index (κ2) is 10.4. The standard InChI is InChI=1S/C27H23ClN2O5/c1-3-34-24-14-19(10-12-23(24)35-16-18-7-5-4-6-8-18)13-21-25(31)29-27(33)30(26(21)32)20-11-9-17(2)22(28)15-20/h4-15H,3,16H2,1-2H3,(H,29,31,33)/b21-13-. The van der Waals surface area contributed by atoms with Gasteiger partial charge in [0.05, 0.1) is 12.3 Å². The number of hydrogen-bond acceptors (Lipinski definition) is 5. The molecule has 0 radical (unpaired) electrons. The van der Waals surface area contributed by atoms with Gasteiger partial charge >= 0.3 is 6.03 Å². The number of ether oxygens (including phenoxy) is 2. The van der Waals surface area contributed by atoms with Gasteiger partial charge in [0, 0.05) is 5.02 Å². The molecule has 1 aliphatic heterocycles. The van der Waals surface area contributed by atoms with Gasteiger partial charge in [0.2, 0.25) is 0 Å². The molecule has 35 heavy (non-hydrogen) atoms. The summed E-state index contributed by atoms with van der Waals surface area (Å²) in [5.41, 5.74) is 2.41. The molecule has 3 aromatic carbocycles. The molecule has 4 amide bonds. The monoisotopic (exact) mass is 490 g/mol. The topological polar surface area (TPSA) is 84.9 Å². The fourth-order valence-electron chi connectivity index (χ4n) is 3.52. The number of nitrogens with one attached hydrogen (secondary N) is 1. The van der Waals surface area contributed by atoms with Gasteiger partial charge < -0.3 is 9.47 Å². The molecule has 7 nitrogen and oxygen atoms in total. The van der Waals surface area contributed by atoms with Crippen LogP contribution >= 0.6 is 11.6 Å². The van der Waals surface area contributed by atoms with E-state index in [0.29, 0.717) is 35.3 Å². The Hall–Kier alpha value is -4.10. The van der Waals surface area contributed by atoms with Crippen molar-refractivity contribution in [2.75, 3.05) is 11.5 Å². The summed E-state index contributed by atoms with van der Waals surface area (Å²) in [6.07, 6.45) is 1.41. The van der Waals surface area contributed by atoms with Crippen LogP contribution in [0.3, 0.4) is 0 Å². The first-order valence-corrected chi connectivity index (χ1v) is 11.4. The van der Waals surface area contributed by atoms with Crippen LogP contribution in [0, 0.1) is 6.92 Å². The molecule has 178 valence electrons. The molecule has 0 saturated carbocycles. The zero-order valence-corrected chi connectivity index (χ0v) is 20.0. The smallest absolute Gasteiger partial charge is 0.335 e. The van der Waals surface area contributed by atoms with E-state index in [1.807, 2.05) is 44.2 Å². The van der Waals surface area contributed by atoms with Gasteiger partial charge in [-0.05, 0) is 60.9 Å². The molecule has 1 aliphatic rings. The van der Waals surface area contributed by atoms with Crippen molar-refractivity contribution >= 4 is 41.2 Å². The zero-order valence-electron chi connectivity index (χ0n) is 19.2. The Morgan fingerprint density at radius 3 is 2.43 bits per heavy atom. The largest absolute Gasteiger partial charge is 0.490 e. The van der Waals surface area contributed by atoms with Crippen LogP contribution in [0.4, 0.5) is 10.5 Å². The van der Waals surface area contributed by atoms with Gasteiger partial charge in [-0.15, -0.1) is 0 Å². The van der Waals surface area contributed by atoms with Crippen LogP contribution in [0.25, 0.3) is 6.08 Å². The van der Waals surface area contributed by atoms with Gasteiger partial charge in [0.1, 0.15) is 12.2 Å².